The van der Waals surface area contributed by atoms with Gasteiger partial charge in [0.15, 0.2) is 0 Å². The van der Waals surface area contributed by atoms with Crippen LogP contribution in [0.1, 0.15) is 77.6 Å². The molecule has 0 radical (unpaired) electrons. The van der Waals surface area contributed by atoms with Gasteiger partial charge in [0.1, 0.15) is 17.1 Å². The third kappa shape index (κ3) is 9.22. The summed E-state index contributed by atoms with van der Waals surface area (Å²) in [6, 6.07) is 0. The van der Waals surface area contributed by atoms with Gasteiger partial charge in [0.25, 0.3) is 0 Å². The number of hydrogen-bond donors (Lipinski definition) is 6. The highest BCUT2D eigenvalue weighted by atomic mass is 14.6. The van der Waals surface area contributed by atoms with Crippen molar-refractivity contribution in [3.63, 3.8) is 0 Å². The van der Waals surface area contributed by atoms with Crippen molar-refractivity contribution in [3.8, 4) is 0 Å². The second-order valence-corrected chi connectivity index (χ2v) is 6.09. The molecule has 134 valence electrons. The molecule has 0 aromatic carbocycles. The van der Waals surface area contributed by atoms with Crippen molar-refractivity contribution < 1.29 is 0 Å². The van der Waals surface area contributed by atoms with Gasteiger partial charge in [-0.25, -0.2) is 0 Å². The van der Waals surface area contributed by atoms with Crippen molar-refractivity contribution >= 4 is 34.8 Å². The molecular formula is C18H32N6. The lowest BCUT2D eigenvalue weighted by atomic mass is 9.99. The molecule has 6 N–H and O–H groups in total. The fourth-order valence-electron chi connectivity index (χ4n) is 2.40. The molecule has 0 fully saturated rings. The van der Waals surface area contributed by atoms with E-state index in [1.165, 1.54) is 44.9 Å². The Balaban J connectivity index is 3.80. The highest BCUT2D eigenvalue weighted by molar-refractivity contribution is 6.93. The zero-order valence-corrected chi connectivity index (χ0v) is 14.9. The predicted octanol–water partition coefficient (Wildman–Crippen LogP) is 5.05. The maximum atomic E-state index is 7.84. The summed E-state index contributed by atoms with van der Waals surface area (Å²) in [5, 5.41) is 45.0. The third-order valence-corrected chi connectivity index (χ3v) is 4.00. The van der Waals surface area contributed by atoms with Crippen molar-refractivity contribution in [3.05, 3.63) is 0 Å². The van der Waals surface area contributed by atoms with Crippen LogP contribution >= 0.6 is 0 Å². The molecule has 0 saturated carbocycles. The zero-order chi connectivity index (χ0) is 18.4. The van der Waals surface area contributed by atoms with Crippen LogP contribution in [0.5, 0.6) is 0 Å². The van der Waals surface area contributed by atoms with E-state index in [-0.39, 0.29) is 11.4 Å². The lowest BCUT2D eigenvalue weighted by Gasteiger charge is -2.08. The first kappa shape index (κ1) is 22.0. The minimum absolute atomic E-state index is 0.0436. The van der Waals surface area contributed by atoms with Gasteiger partial charge in [-0.2, -0.15) is 0 Å². The summed E-state index contributed by atoms with van der Waals surface area (Å²) in [5.74, 6) is 0. The molecule has 0 rings (SSSR count). The molecule has 0 aliphatic carbocycles. The highest BCUT2D eigenvalue weighted by Crippen LogP contribution is 2.11. The molecule has 0 unspecified atom stereocenters. The Morgan fingerprint density at radius 1 is 0.625 bits per heavy atom. The minimum Gasteiger partial charge on any atom is -0.306 e. The topological polar surface area (TPSA) is 143 Å². The normalized spacial score (nSPS) is 10.2. The van der Waals surface area contributed by atoms with E-state index < -0.39 is 17.1 Å². The van der Waals surface area contributed by atoms with Crippen LogP contribution in [-0.4, -0.2) is 34.8 Å². The third-order valence-electron chi connectivity index (χ3n) is 4.00. The number of nitrogens with one attached hydrogen (secondary N) is 6. The molecule has 0 atom stereocenters. The maximum absolute atomic E-state index is 7.84. The summed E-state index contributed by atoms with van der Waals surface area (Å²) in [4.78, 5) is 0. The summed E-state index contributed by atoms with van der Waals surface area (Å²) in [6.45, 7) is 2.22. The molecule has 0 aliphatic heterocycles. The zero-order valence-electron chi connectivity index (χ0n) is 14.9. The van der Waals surface area contributed by atoms with E-state index in [1.807, 2.05) is 0 Å². The first-order valence-corrected chi connectivity index (χ1v) is 8.89. The molecule has 0 aliphatic rings. The van der Waals surface area contributed by atoms with E-state index in [0.717, 1.165) is 19.3 Å². The van der Waals surface area contributed by atoms with Gasteiger partial charge in [-0.1, -0.05) is 64.7 Å². The smallest absolute Gasteiger partial charge is 0.108 e. The summed E-state index contributed by atoms with van der Waals surface area (Å²) in [6.07, 6.45) is 13.2. The lowest BCUT2D eigenvalue weighted by molar-refractivity contribution is 0.559. The Morgan fingerprint density at radius 3 is 1.54 bits per heavy atom. The Bertz CT molecular complexity index is 478. The Kier molecular flexibility index (Phi) is 12.3. The van der Waals surface area contributed by atoms with Crippen LogP contribution in [0.3, 0.4) is 0 Å². The summed E-state index contributed by atoms with van der Waals surface area (Å²) in [5.41, 5.74) is -1.58. The van der Waals surface area contributed by atoms with Crippen LogP contribution in [0.4, 0.5) is 0 Å². The van der Waals surface area contributed by atoms with Gasteiger partial charge in [0, 0.05) is 6.21 Å². The van der Waals surface area contributed by atoms with Crippen LogP contribution in [0, 0.1) is 32.5 Å². The van der Waals surface area contributed by atoms with Crippen molar-refractivity contribution in [1.29, 1.82) is 32.5 Å². The van der Waals surface area contributed by atoms with Gasteiger partial charge >= 0.3 is 0 Å². The van der Waals surface area contributed by atoms with Gasteiger partial charge in [-0.15, -0.1) is 0 Å². The van der Waals surface area contributed by atoms with E-state index in [4.69, 9.17) is 32.5 Å². The predicted molar refractivity (Wildman–Crippen MR) is 104 cm³/mol. The van der Waals surface area contributed by atoms with Gasteiger partial charge in [0.05, 0.1) is 11.4 Å². The van der Waals surface area contributed by atoms with Crippen molar-refractivity contribution in [2.24, 2.45) is 0 Å². The molecule has 0 amide bonds. The molecule has 0 aromatic heterocycles. The van der Waals surface area contributed by atoms with Crippen LogP contribution in [0.2, 0.25) is 0 Å². The largest absolute Gasteiger partial charge is 0.306 e. The Labute approximate surface area is 145 Å². The van der Waals surface area contributed by atoms with Gasteiger partial charge in [-0.3, -0.25) is 21.6 Å². The first-order chi connectivity index (χ1) is 11.5. The summed E-state index contributed by atoms with van der Waals surface area (Å²) < 4.78 is 0. The molecular weight excluding hydrogens is 300 g/mol. The fraction of sp³-hybridized carbons (Fsp3) is 0.667. The SMILES string of the molecule is CCCCCCCCCCCCC(=N)C(=N)C(=N)C(=N)C(=N)C=N. The molecule has 6 nitrogen and oxygen atoms in total. The average molecular weight is 332 g/mol. The molecule has 0 heterocycles. The second-order valence-electron chi connectivity index (χ2n) is 6.09. The average Bonchev–Trinajstić information content (AvgIpc) is 2.60. The Morgan fingerprint density at radius 2 is 1.08 bits per heavy atom. The van der Waals surface area contributed by atoms with Crippen LogP contribution < -0.4 is 0 Å². The first-order valence-electron chi connectivity index (χ1n) is 8.89. The molecule has 24 heavy (non-hydrogen) atoms. The van der Waals surface area contributed by atoms with Gasteiger partial charge < -0.3 is 10.8 Å². The molecule has 0 saturated heterocycles. The van der Waals surface area contributed by atoms with E-state index in [9.17, 15) is 0 Å². The van der Waals surface area contributed by atoms with Crippen molar-refractivity contribution in [1.82, 2.24) is 0 Å². The maximum Gasteiger partial charge on any atom is 0.108 e. The lowest BCUT2D eigenvalue weighted by Crippen LogP contribution is -2.33. The van der Waals surface area contributed by atoms with E-state index >= 15 is 0 Å². The number of unbranched alkanes of at least 4 members (excludes halogenated alkanes) is 9. The minimum atomic E-state index is -0.470. The van der Waals surface area contributed by atoms with E-state index in [1.54, 1.807) is 0 Å². The van der Waals surface area contributed by atoms with Gasteiger partial charge in [-0.05, 0) is 12.8 Å². The fourth-order valence-corrected chi connectivity index (χ4v) is 2.40. The van der Waals surface area contributed by atoms with Gasteiger partial charge in [0.2, 0.25) is 0 Å². The van der Waals surface area contributed by atoms with Crippen molar-refractivity contribution in [2.45, 2.75) is 77.6 Å². The molecule has 6 heteroatoms. The molecule has 0 aromatic rings. The van der Waals surface area contributed by atoms with Crippen molar-refractivity contribution in [2.75, 3.05) is 0 Å². The number of hydrogen-bond acceptors (Lipinski definition) is 6. The van der Waals surface area contributed by atoms with E-state index in [2.05, 4.69) is 6.92 Å². The molecule has 0 bridgehead atoms. The quantitative estimate of drug-likeness (QED) is 0.166. The van der Waals surface area contributed by atoms with Crippen LogP contribution in [-0.2, 0) is 0 Å². The highest BCUT2D eigenvalue weighted by Gasteiger charge is 2.17. The molecule has 0 spiro atoms. The summed E-state index contributed by atoms with van der Waals surface area (Å²) >= 11 is 0. The Hall–Kier alpha value is -1.98. The second kappa shape index (κ2) is 13.5. The number of rotatable bonds is 16. The van der Waals surface area contributed by atoms with E-state index in [0.29, 0.717) is 12.6 Å². The standard InChI is InChI=1S/C18H32N6/c1-2-3-4-5-6-7-8-9-10-11-12-14(20)16(22)18(24)17(23)15(21)13-19/h13,19-24H,2-12H2,1H3. The van der Waals surface area contributed by atoms with Crippen LogP contribution in [0.15, 0.2) is 0 Å². The van der Waals surface area contributed by atoms with Crippen LogP contribution in [0.25, 0.3) is 0 Å². The summed E-state index contributed by atoms with van der Waals surface area (Å²) in [7, 11) is 0. The monoisotopic (exact) mass is 332 g/mol.